The summed E-state index contributed by atoms with van der Waals surface area (Å²) in [6.45, 7) is 4.39. The number of aryl methyl sites for hydroxylation is 2. The van der Waals surface area contributed by atoms with Gasteiger partial charge < -0.3 is 9.64 Å². The summed E-state index contributed by atoms with van der Waals surface area (Å²) in [5, 5.41) is 0. The quantitative estimate of drug-likeness (QED) is 0.789. The molecular formula is C20H24N2O4S. The molecule has 2 aromatic rings. The maximum absolute atomic E-state index is 12.6. The number of nitrogens with zero attached hydrogens (tertiary/aromatic N) is 2. The van der Waals surface area contributed by atoms with Crippen LogP contribution in [0.5, 0.6) is 5.75 Å². The number of sulfonamides is 1. The minimum atomic E-state index is -3.49. The number of rotatable bonds is 5. The van der Waals surface area contributed by atoms with E-state index < -0.39 is 10.0 Å². The first-order valence-corrected chi connectivity index (χ1v) is 10.2. The van der Waals surface area contributed by atoms with Crippen LogP contribution < -0.4 is 9.64 Å². The highest BCUT2D eigenvalue weighted by Crippen LogP contribution is 2.31. The molecule has 7 heteroatoms. The highest BCUT2D eigenvalue weighted by Gasteiger charge is 2.27. The first-order chi connectivity index (χ1) is 12.7. The van der Waals surface area contributed by atoms with Gasteiger partial charge in [0, 0.05) is 26.3 Å². The second kappa shape index (κ2) is 7.32. The van der Waals surface area contributed by atoms with Crippen LogP contribution in [0, 0.1) is 13.8 Å². The van der Waals surface area contributed by atoms with E-state index in [1.807, 2.05) is 32.0 Å². The summed E-state index contributed by atoms with van der Waals surface area (Å²) in [5.74, 6) is 0.563. The van der Waals surface area contributed by atoms with Gasteiger partial charge in [0.1, 0.15) is 5.75 Å². The van der Waals surface area contributed by atoms with Gasteiger partial charge in [0.15, 0.2) is 6.61 Å². The number of carbonyl (C=O) groups is 1. The molecule has 27 heavy (non-hydrogen) atoms. The Kier molecular flexibility index (Phi) is 5.26. The molecule has 0 bridgehead atoms. The largest absolute Gasteiger partial charge is 0.483 e. The summed E-state index contributed by atoms with van der Waals surface area (Å²) in [5.41, 5.74) is 3.67. The zero-order valence-electron chi connectivity index (χ0n) is 16.0. The molecule has 0 radical (unpaired) electrons. The highest BCUT2D eigenvalue weighted by molar-refractivity contribution is 7.89. The first kappa shape index (κ1) is 19.4. The molecule has 2 aromatic carbocycles. The number of benzene rings is 2. The molecule has 1 aliphatic heterocycles. The minimum Gasteiger partial charge on any atom is -0.483 e. The van der Waals surface area contributed by atoms with E-state index in [9.17, 15) is 13.2 Å². The third-order valence-electron chi connectivity index (χ3n) is 4.72. The van der Waals surface area contributed by atoms with E-state index in [2.05, 4.69) is 0 Å². The van der Waals surface area contributed by atoms with Crippen LogP contribution in [0.3, 0.4) is 0 Å². The van der Waals surface area contributed by atoms with Crippen molar-refractivity contribution in [3.8, 4) is 5.75 Å². The van der Waals surface area contributed by atoms with Crippen LogP contribution in [0.25, 0.3) is 0 Å². The van der Waals surface area contributed by atoms with E-state index in [0.29, 0.717) is 18.7 Å². The second-order valence-corrected chi connectivity index (χ2v) is 9.08. The van der Waals surface area contributed by atoms with Gasteiger partial charge in [0.05, 0.1) is 4.90 Å². The van der Waals surface area contributed by atoms with Gasteiger partial charge in [-0.3, -0.25) is 4.79 Å². The predicted molar refractivity (Wildman–Crippen MR) is 105 cm³/mol. The van der Waals surface area contributed by atoms with Gasteiger partial charge >= 0.3 is 0 Å². The van der Waals surface area contributed by atoms with E-state index in [1.54, 1.807) is 23.1 Å². The number of hydrogen-bond donors (Lipinski definition) is 0. The molecular weight excluding hydrogens is 364 g/mol. The molecule has 0 N–H and O–H groups in total. The molecule has 1 heterocycles. The van der Waals surface area contributed by atoms with E-state index in [0.717, 1.165) is 22.4 Å². The Labute approximate surface area is 160 Å². The van der Waals surface area contributed by atoms with Crippen LogP contribution in [0.15, 0.2) is 41.3 Å². The first-order valence-electron chi connectivity index (χ1n) is 8.76. The third-order valence-corrected chi connectivity index (χ3v) is 6.53. The van der Waals surface area contributed by atoms with Crippen molar-refractivity contribution in [3.63, 3.8) is 0 Å². The number of anilines is 1. The SMILES string of the molecule is Cc1ccc(C)c(OCC(=O)N2CCc3cc(S(=O)(=O)N(C)C)ccc32)c1. The molecule has 0 aliphatic carbocycles. The topological polar surface area (TPSA) is 66.9 Å². The van der Waals surface area contributed by atoms with E-state index >= 15 is 0 Å². The predicted octanol–water partition coefficient (Wildman–Crippen LogP) is 2.52. The second-order valence-electron chi connectivity index (χ2n) is 6.93. The zero-order valence-corrected chi connectivity index (χ0v) is 16.8. The fourth-order valence-electron chi connectivity index (χ4n) is 3.09. The molecule has 144 valence electrons. The average Bonchev–Trinajstić information content (AvgIpc) is 3.05. The highest BCUT2D eigenvalue weighted by atomic mass is 32.2. The summed E-state index contributed by atoms with van der Waals surface area (Å²) < 4.78 is 31.5. The number of carbonyl (C=O) groups excluding carboxylic acids is 1. The van der Waals surface area contributed by atoms with Crippen LogP contribution in [0.2, 0.25) is 0 Å². The lowest BCUT2D eigenvalue weighted by Crippen LogP contribution is -2.33. The fourth-order valence-corrected chi connectivity index (χ4v) is 4.04. The molecule has 0 fully saturated rings. The lowest BCUT2D eigenvalue weighted by Gasteiger charge is -2.19. The van der Waals surface area contributed by atoms with Crippen molar-refractivity contribution in [1.82, 2.24) is 4.31 Å². The maximum atomic E-state index is 12.6. The van der Waals surface area contributed by atoms with Crippen LogP contribution in [-0.2, 0) is 21.2 Å². The van der Waals surface area contributed by atoms with Crippen molar-refractivity contribution >= 4 is 21.6 Å². The van der Waals surface area contributed by atoms with Crippen LogP contribution >= 0.6 is 0 Å². The Balaban J connectivity index is 1.75. The van der Waals surface area contributed by atoms with E-state index in [1.165, 1.54) is 18.4 Å². The van der Waals surface area contributed by atoms with Gasteiger partial charge in [0.2, 0.25) is 10.0 Å². The van der Waals surface area contributed by atoms with Gasteiger partial charge in [0.25, 0.3) is 5.91 Å². The smallest absolute Gasteiger partial charge is 0.264 e. The van der Waals surface area contributed by atoms with Gasteiger partial charge in [-0.15, -0.1) is 0 Å². The molecule has 6 nitrogen and oxygen atoms in total. The molecule has 0 spiro atoms. The van der Waals surface area contributed by atoms with Gasteiger partial charge in [-0.2, -0.15) is 0 Å². The average molecular weight is 388 g/mol. The van der Waals surface area contributed by atoms with Gasteiger partial charge in [-0.1, -0.05) is 12.1 Å². The Hall–Kier alpha value is -2.38. The normalized spacial score (nSPS) is 13.7. The van der Waals surface area contributed by atoms with Gasteiger partial charge in [-0.25, -0.2) is 12.7 Å². The number of fused-ring (bicyclic) bond motifs is 1. The van der Waals surface area contributed by atoms with Crippen molar-refractivity contribution in [2.24, 2.45) is 0 Å². The van der Waals surface area contributed by atoms with Crippen molar-refractivity contribution < 1.29 is 17.9 Å². The van der Waals surface area contributed by atoms with Crippen LogP contribution in [-0.4, -0.2) is 45.9 Å². The standard InChI is InChI=1S/C20H24N2O4S/c1-14-5-6-15(2)19(11-14)26-13-20(23)22-10-9-16-12-17(7-8-18(16)22)27(24,25)21(3)4/h5-8,11-12H,9-10,13H2,1-4H3. The Morgan fingerprint density at radius 1 is 1.15 bits per heavy atom. The summed E-state index contributed by atoms with van der Waals surface area (Å²) >= 11 is 0. The molecule has 3 rings (SSSR count). The fraction of sp³-hybridized carbons (Fsp3) is 0.350. The lowest BCUT2D eigenvalue weighted by molar-refractivity contribution is -0.120. The number of amides is 1. The Morgan fingerprint density at radius 2 is 1.89 bits per heavy atom. The van der Waals surface area contributed by atoms with Crippen LogP contribution in [0.4, 0.5) is 5.69 Å². The molecule has 1 aliphatic rings. The van der Waals surface area contributed by atoms with Crippen molar-refractivity contribution in [2.75, 3.05) is 32.1 Å². The summed E-state index contributed by atoms with van der Waals surface area (Å²) in [6.07, 6.45) is 0.626. The maximum Gasteiger partial charge on any atom is 0.264 e. The third kappa shape index (κ3) is 3.84. The Morgan fingerprint density at radius 3 is 2.59 bits per heavy atom. The van der Waals surface area contributed by atoms with Crippen LogP contribution in [0.1, 0.15) is 16.7 Å². The monoisotopic (exact) mass is 388 g/mol. The molecule has 0 aromatic heterocycles. The summed E-state index contributed by atoms with van der Waals surface area (Å²) in [6, 6.07) is 10.8. The Bertz CT molecular complexity index is 983. The zero-order chi connectivity index (χ0) is 19.8. The van der Waals surface area contributed by atoms with E-state index in [-0.39, 0.29) is 17.4 Å². The summed E-state index contributed by atoms with van der Waals surface area (Å²) in [4.78, 5) is 14.5. The molecule has 0 atom stereocenters. The van der Waals surface area contributed by atoms with E-state index in [4.69, 9.17) is 4.74 Å². The molecule has 0 unspecified atom stereocenters. The van der Waals surface area contributed by atoms with Crippen molar-refractivity contribution in [1.29, 1.82) is 0 Å². The minimum absolute atomic E-state index is 0.0541. The molecule has 0 saturated heterocycles. The lowest BCUT2D eigenvalue weighted by atomic mass is 10.1. The number of hydrogen-bond acceptors (Lipinski definition) is 4. The van der Waals surface area contributed by atoms with Crippen molar-refractivity contribution in [2.45, 2.75) is 25.2 Å². The number of ether oxygens (including phenoxy) is 1. The molecule has 0 saturated carbocycles. The summed E-state index contributed by atoms with van der Waals surface area (Å²) in [7, 11) is -0.480. The van der Waals surface area contributed by atoms with Gasteiger partial charge in [-0.05, 0) is 61.2 Å². The molecule has 1 amide bonds. The van der Waals surface area contributed by atoms with Crippen molar-refractivity contribution in [3.05, 3.63) is 53.1 Å².